The van der Waals surface area contributed by atoms with Crippen molar-refractivity contribution in [2.75, 3.05) is 40.5 Å². The molecule has 0 saturated carbocycles. The van der Waals surface area contributed by atoms with Gasteiger partial charge in [0.05, 0.1) is 18.6 Å². The first-order chi connectivity index (χ1) is 11.4. The van der Waals surface area contributed by atoms with Gasteiger partial charge in [0.15, 0.2) is 6.61 Å². The number of carboxylic acid groups (broad SMARTS) is 1. The van der Waals surface area contributed by atoms with E-state index < -0.39 is 30.0 Å². The number of aliphatic carboxylic acids is 1. The van der Waals surface area contributed by atoms with Gasteiger partial charge in [-0.1, -0.05) is 0 Å². The Kier molecular flexibility index (Phi) is 7.43. The average molecular weight is 342 g/mol. The number of nitro groups is 1. The van der Waals surface area contributed by atoms with Gasteiger partial charge in [-0.05, 0) is 6.07 Å². The SMILES string of the molecule is COCCN(CC(=O)O)C(=O)COc1ccc([N+](=O)[O-])c(OC)c1. The fraction of sp³-hybridized carbons (Fsp3) is 0.429. The van der Waals surface area contributed by atoms with E-state index in [1.54, 1.807) is 0 Å². The summed E-state index contributed by atoms with van der Waals surface area (Å²) in [5.41, 5.74) is -0.233. The minimum atomic E-state index is -1.16. The summed E-state index contributed by atoms with van der Waals surface area (Å²) in [4.78, 5) is 34.1. The smallest absolute Gasteiger partial charge is 0.323 e. The second-order valence-electron chi connectivity index (χ2n) is 4.58. The summed E-state index contributed by atoms with van der Waals surface area (Å²) in [6.45, 7) is -0.605. The fourth-order valence-electron chi connectivity index (χ4n) is 1.79. The first-order valence-electron chi connectivity index (χ1n) is 6.82. The van der Waals surface area contributed by atoms with Crippen LogP contribution in [0, 0.1) is 10.1 Å². The highest BCUT2D eigenvalue weighted by molar-refractivity contribution is 5.82. The third-order valence-electron chi connectivity index (χ3n) is 2.95. The summed E-state index contributed by atoms with van der Waals surface area (Å²) in [6, 6.07) is 3.80. The van der Waals surface area contributed by atoms with Crippen LogP contribution in [0.5, 0.6) is 11.5 Å². The maximum atomic E-state index is 12.0. The van der Waals surface area contributed by atoms with Gasteiger partial charge in [0.25, 0.3) is 5.91 Å². The van der Waals surface area contributed by atoms with Crippen molar-refractivity contribution in [3.05, 3.63) is 28.3 Å². The normalized spacial score (nSPS) is 10.1. The van der Waals surface area contributed by atoms with Crippen molar-refractivity contribution in [3.63, 3.8) is 0 Å². The van der Waals surface area contributed by atoms with Gasteiger partial charge in [0.2, 0.25) is 5.75 Å². The number of nitrogens with zero attached hydrogens (tertiary/aromatic N) is 2. The van der Waals surface area contributed by atoms with Crippen LogP contribution in [-0.2, 0) is 14.3 Å². The Bertz CT molecular complexity index is 604. The summed E-state index contributed by atoms with van der Waals surface area (Å²) in [5, 5.41) is 19.6. The number of hydrogen-bond acceptors (Lipinski definition) is 7. The summed E-state index contributed by atoms with van der Waals surface area (Å²) in [6.07, 6.45) is 0. The largest absolute Gasteiger partial charge is 0.490 e. The molecule has 0 fully saturated rings. The van der Waals surface area contributed by atoms with Gasteiger partial charge in [0, 0.05) is 25.8 Å². The second-order valence-corrected chi connectivity index (χ2v) is 4.58. The third kappa shape index (κ3) is 5.72. The number of methoxy groups -OCH3 is 2. The van der Waals surface area contributed by atoms with E-state index in [9.17, 15) is 19.7 Å². The number of amides is 1. The van der Waals surface area contributed by atoms with E-state index in [0.717, 1.165) is 4.90 Å². The zero-order valence-corrected chi connectivity index (χ0v) is 13.3. The van der Waals surface area contributed by atoms with Gasteiger partial charge in [-0.2, -0.15) is 0 Å². The van der Waals surface area contributed by atoms with E-state index in [-0.39, 0.29) is 30.3 Å². The standard InChI is InChI=1S/C14H18N2O8/c1-22-6-5-15(8-14(18)19)13(17)9-24-10-3-4-11(16(20)21)12(7-10)23-2/h3-4,7H,5-6,8-9H2,1-2H3,(H,18,19). The molecule has 0 aliphatic rings. The maximum Gasteiger partial charge on any atom is 0.323 e. The lowest BCUT2D eigenvalue weighted by atomic mass is 10.3. The van der Waals surface area contributed by atoms with Crippen molar-refractivity contribution < 1.29 is 33.8 Å². The molecule has 1 aromatic rings. The highest BCUT2D eigenvalue weighted by Gasteiger charge is 2.19. The molecule has 0 aliphatic carbocycles. The zero-order valence-electron chi connectivity index (χ0n) is 13.3. The molecule has 1 rings (SSSR count). The van der Waals surface area contributed by atoms with Crippen molar-refractivity contribution in [1.29, 1.82) is 0 Å². The Labute approximate surface area is 137 Å². The van der Waals surface area contributed by atoms with Crippen LogP contribution in [0.1, 0.15) is 0 Å². The molecule has 0 bridgehead atoms. The molecule has 0 heterocycles. The van der Waals surface area contributed by atoms with Gasteiger partial charge in [0.1, 0.15) is 12.3 Å². The Morgan fingerprint density at radius 1 is 1.33 bits per heavy atom. The van der Waals surface area contributed by atoms with Crippen molar-refractivity contribution in [3.8, 4) is 11.5 Å². The van der Waals surface area contributed by atoms with E-state index in [1.165, 1.54) is 32.4 Å². The van der Waals surface area contributed by atoms with E-state index in [2.05, 4.69) is 0 Å². The molecule has 1 aromatic carbocycles. The lowest BCUT2D eigenvalue weighted by Crippen LogP contribution is -2.40. The number of carbonyl (C=O) groups is 2. The molecular weight excluding hydrogens is 324 g/mol. The van der Waals surface area contributed by atoms with Crippen molar-refractivity contribution in [1.82, 2.24) is 4.90 Å². The van der Waals surface area contributed by atoms with Crippen LogP contribution in [0.4, 0.5) is 5.69 Å². The number of nitro benzene ring substituents is 1. The van der Waals surface area contributed by atoms with Crippen LogP contribution in [0.15, 0.2) is 18.2 Å². The van der Waals surface area contributed by atoms with Crippen LogP contribution in [0.25, 0.3) is 0 Å². The molecule has 0 aliphatic heterocycles. The molecule has 0 radical (unpaired) electrons. The highest BCUT2D eigenvalue weighted by atomic mass is 16.6. The fourth-order valence-corrected chi connectivity index (χ4v) is 1.79. The highest BCUT2D eigenvalue weighted by Crippen LogP contribution is 2.30. The van der Waals surface area contributed by atoms with Crippen LogP contribution in [-0.4, -0.2) is 67.3 Å². The monoisotopic (exact) mass is 342 g/mol. The lowest BCUT2D eigenvalue weighted by molar-refractivity contribution is -0.385. The van der Waals surface area contributed by atoms with Crippen molar-refractivity contribution >= 4 is 17.6 Å². The van der Waals surface area contributed by atoms with Crippen LogP contribution >= 0.6 is 0 Å². The topological polar surface area (TPSA) is 128 Å². The quantitative estimate of drug-likeness (QED) is 0.482. The zero-order chi connectivity index (χ0) is 18.1. The lowest BCUT2D eigenvalue weighted by Gasteiger charge is -2.20. The molecule has 10 heteroatoms. The molecule has 0 unspecified atom stereocenters. The Morgan fingerprint density at radius 2 is 2.04 bits per heavy atom. The third-order valence-corrected chi connectivity index (χ3v) is 2.95. The van der Waals surface area contributed by atoms with Gasteiger partial charge in [-0.15, -0.1) is 0 Å². The maximum absolute atomic E-state index is 12.0. The molecule has 0 aromatic heterocycles. The van der Waals surface area contributed by atoms with Gasteiger partial charge < -0.3 is 24.2 Å². The predicted molar refractivity (Wildman–Crippen MR) is 81.2 cm³/mol. The van der Waals surface area contributed by atoms with E-state index in [1.807, 2.05) is 0 Å². The minimum Gasteiger partial charge on any atom is -0.490 e. The molecule has 0 spiro atoms. The Morgan fingerprint density at radius 3 is 2.58 bits per heavy atom. The molecule has 1 N–H and O–H groups in total. The number of carbonyl (C=O) groups excluding carboxylic acids is 1. The number of carboxylic acids is 1. The number of ether oxygens (including phenoxy) is 3. The van der Waals surface area contributed by atoms with Gasteiger partial charge in [-0.25, -0.2) is 0 Å². The number of hydrogen-bond donors (Lipinski definition) is 1. The first-order valence-corrected chi connectivity index (χ1v) is 6.82. The molecular formula is C14H18N2O8. The van der Waals surface area contributed by atoms with Crippen molar-refractivity contribution in [2.45, 2.75) is 0 Å². The first kappa shape index (κ1) is 19.2. The molecule has 0 saturated heterocycles. The molecule has 1 amide bonds. The van der Waals surface area contributed by atoms with Gasteiger partial charge >= 0.3 is 11.7 Å². The summed E-state index contributed by atoms with van der Waals surface area (Å²) >= 11 is 0. The van der Waals surface area contributed by atoms with Crippen LogP contribution in [0.3, 0.4) is 0 Å². The summed E-state index contributed by atoms with van der Waals surface area (Å²) in [5.74, 6) is -1.53. The average Bonchev–Trinajstić information content (AvgIpc) is 2.55. The number of benzene rings is 1. The Balaban J connectivity index is 2.73. The molecule has 0 atom stereocenters. The van der Waals surface area contributed by atoms with E-state index in [0.29, 0.717) is 0 Å². The molecule has 10 nitrogen and oxygen atoms in total. The van der Waals surface area contributed by atoms with E-state index >= 15 is 0 Å². The minimum absolute atomic E-state index is 0.00766. The van der Waals surface area contributed by atoms with E-state index in [4.69, 9.17) is 19.3 Å². The van der Waals surface area contributed by atoms with Gasteiger partial charge in [-0.3, -0.25) is 19.7 Å². The van der Waals surface area contributed by atoms with Crippen molar-refractivity contribution in [2.24, 2.45) is 0 Å². The number of rotatable bonds is 10. The predicted octanol–water partition coefficient (Wildman–Crippen LogP) is 0.542. The summed E-state index contributed by atoms with van der Waals surface area (Å²) in [7, 11) is 2.71. The van der Waals surface area contributed by atoms with Crippen LogP contribution in [0.2, 0.25) is 0 Å². The van der Waals surface area contributed by atoms with Crippen LogP contribution < -0.4 is 9.47 Å². The molecule has 132 valence electrons. The Hall–Kier alpha value is -2.88. The molecule has 24 heavy (non-hydrogen) atoms. The summed E-state index contributed by atoms with van der Waals surface area (Å²) < 4.78 is 15.0. The second kappa shape index (κ2) is 9.30.